The molecule has 0 saturated heterocycles. The number of aromatic nitrogens is 1. The van der Waals surface area contributed by atoms with Crippen LogP contribution in [0.4, 0.5) is 23.4 Å². The molecule has 0 saturated carbocycles. The number of halogens is 4. The third-order valence-electron chi connectivity index (χ3n) is 3.90. The summed E-state index contributed by atoms with van der Waals surface area (Å²) in [7, 11) is 0. The van der Waals surface area contributed by atoms with Crippen LogP contribution in [0.1, 0.15) is 24.8 Å². The topological polar surface area (TPSA) is 77.2 Å². The van der Waals surface area contributed by atoms with Crippen molar-refractivity contribution >= 4 is 11.6 Å². The number of nitrogens with zero attached hydrogens (tertiary/aromatic N) is 1. The molecule has 27 heavy (non-hydrogen) atoms. The Labute approximate surface area is 151 Å². The Morgan fingerprint density at radius 3 is 2.63 bits per heavy atom. The van der Waals surface area contributed by atoms with E-state index in [2.05, 4.69) is 10.3 Å². The van der Waals surface area contributed by atoms with Crippen LogP contribution in [0.3, 0.4) is 0 Å². The summed E-state index contributed by atoms with van der Waals surface area (Å²) in [5, 5.41) is 2.92. The van der Waals surface area contributed by atoms with Crippen LogP contribution in [-0.4, -0.2) is 10.8 Å². The molecule has 3 rings (SSSR count). The Morgan fingerprint density at radius 1 is 1.11 bits per heavy atom. The van der Waals surface area contributed by atoms with Gasteiger partial charge in [-0.25, -0.2) is 9.37 Å². The van der Waals surface area contributed by atoms with E-state index < -0.39 is 17.6 Å². The van der Waals surface area contributed by atoms with E-state index in [-0.39, 0.29) is 23.0 Å². The Hall–Kier alpha value is -3.10. The fourth-order valence-electron chi connectivity index (χ4n) is 2.61. The number of Topliss-reactive ketones (excluding diaryl/α,β-unsaturated/α-hetero) is 1. The number of allylic oxidation sites excluding steroid dienone is 2. The number of alkyl halides is 3. The lowest BCUT2D eigenvalue weighted by Gasteiger charge is -2.18. The van der Waals surface area contributed by atoms with E-state index in [1.165, 1.54) is 18.3 Å². The number of ether oxygens (including phenoxy) is 1. The highest BCUT2D eigenvalue weighted by Gasteiger charge is 2.31. The molecule has 9 heteroatoms. The van der Waals surface area contributed by atoms with E-state index in [9.17, 15) is 22.4 Å². The summed E-state index contributed by atoms with van der Waals surface area (Å²) in [6, 6.07) is 4.77. The molecule has 0 atom stereocenters. The SMILES string of the molecule is NC1=C(Nc2cc(Oc3cc(F)cc(C(F)(F)F)c3)ccn2)CCCC1=O. The van der Waals surface area contributed by atoms with E-state index in [0.29, 0.717) is 42.9 Å². The number of hydrogen-bond donors (Lipinski definition) is 2. The van der Waals surface area contributed by atoms with Gasteiger partial charge in [-0.2, -0.15) is 13.2 Å². The van der Waals surface area contributed by atoms with Crippen LogP contribution in [0.5, 0.6) is 11.5 Å². The van der Waals surface area contributed by atoms with Crippen molar-refractivity contribution in [3.63, 3.8) is 0 Å². The van der Waals surface area contributed by atoms with Gasteiger partial charge in [-0.3, -0.25) is 4.79 Å². The van der Waals surface area contributed by atoms with Crippen molar-refractivity contribution in [2.24, 2.45) is 5.73 Å². The molecule has 2 aromatic rings. The van der Waals surface area contributed by atoms with Gasteiger partial charge in [0.2, 0.25) is 0 Å². The number of hydrogen-bond acceptors (Lipinski definition) is 5. The molecule has 0 amide bonds. The largest absolute Gasteiger partial charge is 0.457 e. The molecule has 1 heterocycles. The van der Waals surface area contributed by atoms with Gasteiger partial charge in [-0.05, 0) is 31.0 Å². The van der Waals surface area contributed by atoms with Crippen molar-refractivity contribution in [2.75, 3.05) is 5.32 Å². The molecule has 1 aromatic carbocycles. The maximum atomic E-state index is 13.5. The lowest BCUT2D eigenvalue weighted by molar-refractivity contribution is -0.137. The number of nitrogens with one attached hydrogen (secondary N) is 1. The van der Waals surface area contributed by atoms with Gasteiger partial charge in [-0.1, -0.05) is 0 Å². The number of rotatable bonds is 4. The van der Waals surface area contributed by atoms with Crippen LogP contribution >= 0.6 is 0 Å². The second-order valence-electron chi connectivity index (χ2n) is 5.95. The third-order valence-corrected chi connectivity index (χ3v) is 3.90. The summed E-state index contributed by atoms with van der Waals surface area (Å²) in [4.78, 5) is 15.7. The number of anilines is 1. The highest BCUT2D eigenvalue weighted by atomic mass is 19.4. The average Bonchev–Trinajstić information content (AvgIpc) is 2.58. The smallest absolute Gasteiger partial charge is 0.416 e. The van der Waals surface area contributed by atoms with E-state index in [1.807, 2.05) is 0 Å². The number of benzene rings is 1. The molecule has 1 aliphatic carbocycles. The van der Waals surface area contributed by atoms with Gasteiger partial charge in [0.1, 0.15) is 23.1 Å². The second-order valence-corrected chi connectivity index (χ2v) is 5.95. The summed E-state index contributed by atoms with van der Waals surface area (Å²) < 4.78 is 57.2. The van der Waals surface area contributed by atoms with Crippen molar-refractivity contribution in [2.45, 2.75) is 25.4 Å². The number of pyridine rings is 1. The first-order valence-corrected chi connectivity index (χ1v) is 8.03. The molecule has 5 nitrogen and oxygen atoms in total. The number of ketones is 1. The maximum absolute atomic E-state index is 13.5. The highest BCUT2D eigenvalue weighted by Crippen LogP contribution is 2.34. The van der Waals surface area contributed by atoms with Crippen molar-refractivity contribution in [1.82, 2.24) is 4.98 Å². The summed E-state index contributed by atoms with van der Waals surface area (Å²) in [6.07, 6.45) is -1.72. The quantitative estimate of drug-likeness (QED) is 0.770. The van der Waals surface area contributed by atoms with Crippen LogP contribution in [0, 0.1) is 5.82 Å². The van der Waals surface area contributed by atoms with Gasteiger partial charge in [0.25, 0.3) is 0 Å². The predicted octanol–water partition coefficient (Wildman–Crippen LogP) is 4.37. The zero-order chi connectivity index (χ0) is 19.6. The first kappa shape index (κ1) is 18.7. The van der Waals surface area contributed by atoms with Gasteiger partial charge in [-0.15, -0.1) is 0 Å². The van der Waals surface area contributed by atoms with E-state index >= 15 is 0 Å². The molecule has 0 bridgehead atoms. The fourth-order valence-corrected chi connectivity index (χ4v) is 2.61. The van der Waals surface area contributed by atoms with Gasteiger partial charge in [0.15, 0.2) is 5.78 Å². The van der Waals surface area contributed by atoms with Crippen molar-refractivity contribution in [3.8, 4) is 11.5 Å². The van der Waals surface area contributed by atoms with Gasteiger partial charge >= 0.3 is 6.18 Å². The van der Waals surface area contributed by atoms with Crippen LogP contribution in [0.15, 0.2) is 47.9 Å². The molecule has 0 spiro atoms. The standard InChI is InChI=1S/C18H15F4N3O2/c19-11-6-10(18(20,21)22)7-13(8-11)27-12-4-5-24-16(9-12)25-14-2-1-3-15(26)17(14)23/h4-9H,1-3,23H2,(H,24,25). The van der Waals surface area contributed by atoms with Crippen LogP contribution in [-0.2, 0) is 11.0 Å². The lowest BCUT2D eigenvalue weighted by atomic mass is 10.0. The summed E-state index contributed by atoms with van der Waals surface area (Å²) in [6.45, 7) is 0. The lowest BCUT2D eigenvalue weighted by Crippen LogP contribution is -2.22. The van der Waals surface area contributed by atoms with Gasteiger partial charge < -0.3 is 15.8 Å². The molecule has 0 aliphatic heterocycles. The normalized spacial score (nSPS) is 15.0. The monoisotopic (exact) mass is 381 g/mol. The third kappa shape index (κ3) is 4.55. The zero-order valence-corrected chi connectivity index (χ0v) is 13.9. The molecule has 1 aliphatic rings. The minimum Gasteiger partial charge on any atom is -0.457 e. The maximum Gasteiger partial charge on any atom is 0.416 e. The molecule has 142 valence electrons. The molecule has 0 radical (unpaired) electrons. The molecule has 1 aromatic heterocycles. The average molecular weight is 381 g/mol. The van der Waals surface area contributed by atoms with Gasteiger partial charge in [0.05, 0.1) is 11.3 Å². The molecular weight excluding hydrogens is 366 g/mol. The van der Waals surface area contributed by atoms with E-state index in [0.717, 1.165) is 6.07 Å². The predicted molar refractivity (Wildman–Crippen MR) is 89.4 cm³/mol. The number of carbonyl (C=O) groups excluding carboxylic acids is 1. The molecule has 3 N–H and O–H groups in total. The number of carbonyl (C=O) groups is 1. The Kier molecular flexibility index (Phi) is 5.02. The fraction of sp³-hybridized carbons (Fsp3) is 0.222. The molecular formula is C18H15F4N3O2. The van der Waals surface area contributed by atoms with Crippen molar-refractivity contribution in [1.29, 1.82) is 0 Å². The minimum atomic E-state index is -4.69. The molecule has 0 fully saturated rings. The van der Waals surface area contributed by atoms with Crippen LogP contribution < -0.4 is 15.8 Å². The Balaban J connectivity index is 1.82. The second kappa shape index (κ2) is 7.26. The highest BCUT2D eigenvalue weighted by molar-refractivity contribution is 5.96. The first-order chi connectivity index (χ1) is 12.7. The van der Waals surface area contributed by atoms with Crippen LogP contribution in [0.25, 0.3) is 0 Å². The summed E-state index contributed by atoms with van der Waals surface area (Å²) >= 11 is 0. The Morgan fingerprint density at radius 2 is 1.89 bits per heavy atom. The minimum absolute atomic E-state index is 0.134. The van der Waals surface area contributed by atoms with Crippen LogP contribution in [0.2, 0.25) is 0 Å². The number of nitrogens with two attached hydrogens (primary N) is 1. The summed E-state index contributed by atoms with van der Waals surface area (Å²) in [5.41, 5.74) is 5.28. The summed E-state index contributed by atoms with van der Waals surface area (Å²) in [5.74, 6) is -1.08. The van der Waals surface area contributed by atoms with Crippen molar-refractivity contribution in [3.05, 3.63) is 59.3 Å². The van der Waals surface area contributed by atoms with Crippen molar-refractivity contribution < 1.29 is 27.1 Å². The van der Waals surface area contributed by atoms with Gasteiger partial charge in [0, 0.05) is 30.4 Å². The van der Waals surface area contributed by atoms with E-state index in [4.69, 9.17) is 10.5 Å². The van der Waals surface area contributed by atoms with E-state index in [1.54, 1.807) is 0 Å². The Bertz CT molecular complexity index is 910. The molecule has 0 unspecified atom stereocenters. The first-order valence-electron chi connectivity index (χ1n) is 8.03. The zero-order valence-electron chi connectivity index (χ0n) is 13.9.